The number of ether oxygens (including phenoxy) is 1. The van der Waals surface area contributed by atoms with Gasteiger partial charge in [0.2, 0.25) is 5.91 Å². The summed E-state index contributed by atoms with van der Waals surface area (Å²) in [7, 11) is -4.88. The molecule has 2 bridgehead atoms. The SMILES string of the molecule is CC(C)(C)OC(=O)N1CC(C(=O)NNC(=O)[C@@H]2CCC3CN2C(=O)N3OS(=O)(=O)O)C1. The van der Waals surface area contributed by atoms with E-state index in [0.29, 0.717) is 5.06 Å². The van der Waals surface area contributed by atoms with Gasteiger partial charge in [-0.25, -0.2) is 9.59 Å². The van der Waals surface area contributed by atoms with Crippen LogP contribution >= 0.6 is 0 Å². The minimum Gasteiger partial charge on any atom is -0.444 e. The molecule has 3 fully saturated rings. The molecule has 31 heavy (non-hydrogen) atoms. The van der Waals surface area contributed by atoms with Crippen LogP contribution in [0.5, 0.6) is 0 Å². The Labute approximate surface area is 178 Å². The number of urea groups is 1. The second-order valence-corrected chi connectivity index (χ2v) is 9.58. The minimum absolute atomic E-state index is 0.0356. The van der Waals surface area contributed by atoms with E-state index in [1.807, 2.05) is 0 Å². The Hall–Kier alpha value is -2.65. The number of hydrazine groups is 1. The highest BCUT2D eigenvalue weighted by Crippen LogP contribution is 2.30. The number of hydroxylamine groups is 2. The lowest BCUT2D eigenvalue weighted by molar-refractivity contribution is -0.136. The largest absolute Gasteiger partial charge is 0.444 e. The summed E-state index contributed by atoms with van der Waals surface area (Å²) in [5, 5.41) is 0.529. The molecule has 0 radical (unpaired) electrons. The first-order valence-electron chi connectivity index (χ1n) is 9.59. The van der Waals surface area contributed by atoms with Crippen LogP contribution in [0, 0.1) is 5.92 Å². The maximum Gasteiger partial charge on any atom is 0.418 e. The van der Waals surface area contributed by atoms with Crippen LogP contribution in [-0.2, 0) is 29.0 Å². The van der Waals surface area contributed by atoms with Crippen LogP contribution in [0.2, 0.25) is 0 Å². The molecule has 3 saturated heterocycles. The average molecular weight is 463 g/mol. The number of amides is 5. The second kappa shape index (κ2) is 8.12. The van der Waals surface area contributed by atoms with Gasteiger partial charge in [0.25, 0.3) is 5.91 Å². The standard InChI is InChI=1S/C16H25N5O9S/c1-16(2,3)29-15(25)19-6-9(7-19)12(22)17-18-13(23)11-5-4-10-8-20(11)14(24)21(10)30-31(26,27)28/h9-11H,4-8H2,1-3H3,(H,17,22)(H,18,23)(H,26,27,28)/t10?,11-/m0/s1. The van der Waals surface area contributed by atoms with Crippen molar-refractivity contribution >= 4 is 34.3 Å². The summed E-state index contributed by atoms with van der Waals surface area (Å²) in [6, 6.07) is -2.45. The zero-order valence-corrected chi connectivity index (χ0v) is 18.0. The number of rotatable bonds is 4. The number of hydrogen-bond donors (Lipinski definition) is 3. The van der Waals surface area contributed by atoms with Gasteiger partial charge in [-0.1, -0.05) is 0 Å². The highest BCUT2D eigenvalue weighted by atomic mass is 32.3. The molecule has 0 aromatic rings. The molecule has 3 rings (SSSR count). The monoisotopic (exact) mass is 463 g/mol. The quantitative estimate of drug-likeness (QED) is 0.349. The molecule has 5 amide bonds. The van der Waals surface area contributed by atoms with Gasteiger partial charge in [-0.3, -0.25) is 25.0 Å². The lowest BCUT2D eigenvalue weighted by Crippen LogP contribution is -2.60. The third-order valence-corrected chi connectivity index (χ3v) is 5.36. The van der Waals surface area contributed by atoms with E-state index in [1.165, 1.54) is 4.90 Å². The molecule has 14 nitrogen and oxygen atoms in total. The van der Waals surface area contributed by atoms with Gasteiger partial charge in [0.15, 0.2) is 0 Å². The Morgan fingerprint density at radius 2 is 1.68 bits per heavy atom. The first-order valence-corrected chi connectivity index (χ1v) is 11.0. The molecule has 0 aromatic carbocycles. The molecule has 3 heterocycles. The molecule has 15 heteroatoms. The van der Waals surface area contributed by atoms with E-state index in [0.717, 1.165) is 4.90 Å². The molecule has 1 unspecified atom stereocenters. The lowest BCUT2D eigenvalue weighted by atomic mass is 10.00. The zero-order valence-electron chi connectivity index (χ0n) is 17.2. The fourth-order valence-electron chi connectivity index (χ4n) is 3.53. The topological polar surface area (TPSA) is 175 Å². The molecule has 0 saturated carbocycles. The molecule has 2 atom stereocenters. The summed E-state index contributed by atoms with van der Waals surface area (Å²) in [5.41, 5.74) is 3.89. The predicted molar refractivity (Wildman–Crippen MR) is 101 cm³/mol. The molecule has 174 valence electrons. The van der Waals surface area contributed by atoms with Crippen LogP contribution in [0.4, 0.5) is 9.59 Å². The third-order valence-electron chi connectivity index (χ3n) is 5.01. The van der Waals surface area contributed by atoms with Crippen molar-refractivity contribution in [3.63, 3.8) is 0 Å². The lowest BCUT2D eigenvalue weighted by Gasteiger charge is -2.38. The van der Waals surface area contributed by atoms with Crippen LogP contribution in [0.25, 0.3) is 0 Å². The fraction of sp³-hybridized carbons (Fsp3) is 0.750. The molecule has 3 N–H and O–H groups in total. The van der Waals surface area contributed by atoms with Crippen LogP contribution in [-0.4, -0.2) is 89.1 Å². The molecular weight excluding hydrogens is 438 g/mol. The van der Waals surface area contributed by atoms with E-state index in [4.69, 9.17) is 9.29 Å². The summed E-state index contributed by atoms with van der Waals surface area (Å²) in [6.07, 6.45) is -0.0575. The summed E-state index contributed by atoms with van der Waals surface area (Å²) in [6.45, 7) is 5.53. The summed E-state index contributed by atoms with van der Waals surface area (Å²) < 4.78 is 40.1. The van der Waals surface area contributed by atoms with Crippen molar-refractivity contribution in [1.82, 2.24) is 25.7 Å². The van der Waals surface area contributed by atoms with E-state index in [2.05, 4.69) is 15.1 Å². The van der Waals surface area contributed by atoms with Crippen LogP contribution < -0.4 is 10.9 Å². The van der Waals surface area contributed by atoms with Gasteiger partial charge in [0, 0.05) is 19.6 Å². The Bertz CT molecular complexity index is 880. The Kier molecular flexibility index (Phi) is 6.03. The van der Waals surface area contributed by atoms with E-state index in [-0.39, 0.29) is 32.5 Å². The van der Waals surface area contributed by atoms with Crippen molar-refractivity contribution in [2.75, 3.05) is 19.6 Å². The molecule has 3 aliphatic heterocycles. The molecule has 0 aliphatic carbocycles. The summed E-state index contributed by atoms with van der Waals surface area (Å²) in [4.78, 5) is 51.3. The first kappa shape index (κ1) is 23.0. The van der Waals surface area contributed by atoms with Gasteiger partial charge >= 0.3 is 22.5 Å². The number of carbonyl (C=O) groups is 4. The number of carbonyl (C=O) groups excluding carboxylic acids is 4. The van der Waals surface area contributed by atoms with Gasteiger partial charge in [-0.15, -0.1) is 4.28 Å². The third kappa shape index (κ3) is 5.34. The smallest absolute Gasteiger partial charge is 0.418 e. The molecular formula is C16H25N5O9S. The highest BCUT2D eigenvalue weighted by Gasteiger charge is 2.49. The number of fused-ring (bicyclic) bond motifs is 2. The fourth-order valence-corrected chi connectivity index (χ4v) is 3.92. The number of piperidine rings is 1. The van der Waals surface area contributed by atoms with Gasteiger partial charge in [0.05, 0.1) is 12.0 Å². The van der Waals surface area contributed by atoms with Crippen molar-refractivity contribution in [2.45, 2.75) is 51.3 Å². The highest BCUT2D eigenvalue weighted by molar-refractivity contribution is 7.80. The minimum atomic E-state index is -4.88. The predicted octanol–water partition coefficient (Wildman–Crippen LogP) is -0.996. The van der Waals surface area contributed by atoms with Crippen LogP contribution in [0.3, 0.4) is 0 Å². The van der Waals surface area contributed by atoms with Crippen LogP contribution in [0.1, 0.15) is 33.6 Å². The van der Waals surface area contributed by atoms with Crippen molar-refractivity contribution < 1.29 is 41.2 Å². The van der Waals surface area contributed by atoms with Gasteiger partial charge in [0.1, 0.15) is 11.6 Å². The maximum absolute atomic E-state index is 12.5. The Balaban J connectivity index is 1.46. The van der Waals surface area contributed by atoms with Crippen molar-refractivity contribution in [3.8, 4) is 0 Å². The van der Waals surface area contributed by atoms with Crippen molar-refractivity contribution in [3.05, 3.63) is 0 Å². The Morgan fingerprint density at radius 1 is 1.06 bits per heavy atom. The zero-order chi connectivity index (χ0) is 23.1. The first-order chi connectivity index (χ1) is 14.2. The summed E-state index contributed by atoms with van der Waals surface area (Å²) in [5.74, 6) is -1.67. The summed E-state index contributed by atoms with van der Waals surface area (Å²) >= 11 is 0. The van der Waals surface area contributed by atoms with Crippen molar-refractivity contribution in [1.29, 1.82) is 0 Å². The van der Waals surface area contributed by atoms with Crippen molar-refractivity contribution in [2.24, 2.45) is 5.92 Å². The van der Waals surface area contributed by atoms with Gasteiger partial charge in [-0.05, 0) is 33.6 Å². The maximum atomic E-state index is 12.5. The van der Waals surface area contributed by atoms with Crippen LogP contribution in [0.15, 0.2) is 0 Å². The van der Waals surface area contributed by atoms with E-state index in [1.54, 1.807) is 20.8 Å². The van der Waals surface area contributed by atoms with E-state index in [9.17, 15) is 27.6 Å². The molecule has 0 spiro atoms. The second-order valence-electron chi connectivity index (χ2n) is 8.57. The molecule has 3 aliphatic rings. The number of nitrogens with one attached hydrogen (secondary N) is 2. The van der Waals surface area contributed by atoms with E-state index >= 15 is 0 Å². The Morgan fingerprint density at radius 3 is 2.26 bits per heavy atom. The van der Waals surface area contributed by atoms with Gasteiger partial charge in [-0.2, -0.15) is 13.5 Å². The normalized spacial score (nSPS) is 24.0. The average Bonchev–Trinajstić information content (AvgIpc) is 2.80. The number of nitrogens with zero attached hydrogens (tertiary/aromatic N) is 3. The number of likely N-dealkylation sites (tertiary alicyclic amines) is 1. The number of hydrogen-bond acceptors (Lipinski definition) is 8. The molecule has 0 aromatic heterocycles. The van der Waals surface area contributed by atoms with E-state index < -0.39 is 57.9 Å². The van der Waals surface area contributed by atoms with Gasteiger partial charge < -0.3 is 14.5 Å².